The quantitative estimate of drug-likeness (QED) is 0.357. The first kappa shape index (κ1) is 30.5. The zero-order chi connectivity index (χ0) is 27.7. The number of likely N-dealkylation sites (N-methyl/N-ethyl adjacent to an activating group) is 1. The van der Waals surface area contributed by atoms with E-state index < -0.39 is 20.1 Å². The highest BCUT2D eigenvalue weighted by molar-refractivity contribution is 7.90. The monoisotopic (exact) mass is 605 g/mol. The van der Waals surface area contributed by atoms with E-state index in [9.17, 15) is 13.2 Å². The minimum Gasteiger partial charge on any atom is -0.374 e. The molecule has 2 aliphatic rings. The fraction of sp³-hybridized carbons (Fsp3) is 0.414. The molecule has 2 atom stereocenters. The molecule has 1 aromatic heterocycles. The summed E-state index contributed by atoms with van der Waals surface area (Å²) in [6.45, 7) is 4.37. The number of fused-ring (bicyclic) bond motifs is 2. The lowest BCUT2D eigenvalue weighted by Crippen LogP contribution is -2.68. The summed E-state index contributed by atoms with van der Waals surface area (Å²) < 4.78 is 32.8. The highest BCUT2D eigenvalue weighted by Crippen LogP contribution is 2.50. The van der Waals surface area contributed by atoms with Crippen molar-refractivity contribution in [1.29, 1.82) is 0 Å². The lowest BCUT2D eigenvalue weighted by atomic mass is 9.75. The Kier molecular flexibility index (Phi) is 9.28. The van der Waals surface area contributed by atoms with Gasteiger partial charge in [0.1, 0.15) is 12.6 Å². The number of ether oxygens (including phenoxy) is 1. The number of halogens is 1. The first-order valence-corrected chi connectivity index (χ1v) is 15.9. The molecule has 40 heavy (non-hydrogen) atoms. The van der Waals surface area contributed by atoms with Crippen LogP contribution in [0.25, 0.3) is 0 Å². The normalized spacial score (nSPS) is 20.4. The predicted octanol–water partition coefficient (Wildman–Crippen LogP) is 4.13. The van der Waals surface area contributed by atoms with Gasteiger partial charge in [0.2, 0.25) is 0 Å². The number of amides is 1. The maximum absolute atomic E-state index is 14.2. The van der Waals surface area contributed by atoms with Crippen molar-refractivity contribution in [2.45, 2.75) is 37.8 Å². The summed E-state index contributed by atoms with van der Waals surface area (Å²) in [5, 5.41) is 4.31. The molecular formula is C29H38ClN4O4S2+. The van der Waals surface area contributed by atoms with Crippen molar-refractivity contribution in [2.24, 2.45) is 0 Å². The van der Waals surface area contributed by atoms with Crippen molar-refractivity contribution in [3.63, 3.8) is 0 Å². The molecule has 1 fully saturated rings. The van der Waals surface area contributed by atoms with E-state index in [1.165, 1.54) is 6.26 Å². The van der Waals surface area contributed by atoms with Gasteiger partial charge in [0.05, 0.1) is 29.9 Å². The van der Waals surface area contributed by atoms with Crippen LogP contribution in [0.1, 0.15) is 28.8 Å². The summed E-state index contributed by atoms with van der Waals surface area (Å²) in [5.74, 6) is -0.386. The average molecular weight is 606 g/mol. The van der Waals surface area contributed by atoms with E-state index in [-0.39, 0.29) is 36.9 Å². The van der Waals surface area contributed by atoms with E-state index in [2.05, 4.69) is 10.7 Å². The smallest absolute Gasteiger partial charge is 0.321 e. The number of hydrogen-bond donors (Lipinski definition) is 2. The predicted molar refractivity (Wildman–Crippen MR) is 164 cm³/mol. The lowest BCUT2D eigenvalue weighted by molar-refractivity contribution is -0.126. The molecule has 2 aromatic carbocycles. The Hall–Kier alpha value is -2.47. The number of carbonyl (C=O) groups excluding carboxylic acids is 1. The zero-order valence-corrected chi connectivity index (χ0v) is 25.6. The second-order valence-electron chi connectivity index (χ2n) is 10.7. The largest absolute Gasteiger partial charge is 0.374 e. The first-order chi connectivity index (χ1) is 18.7. The highest BCUT2D eigenvalue weighted by atomic mass is 35.5. The standard InChI is InChI=1S/C29H36N4O4S2.ClH/c1-22-13-14-27(38-22)32(2)25(20-37-19-23-9-5-4-6-10-23)28(34)31-33(39(3,35)36)21-29(15-17-30-18-16-29)24-11-7-8-12-26(24)33;/h4-14,25,30H,15-21H2,1-3H3;1H/p+1. The fourth-order valence-corrected chi connectivity index (χ4v) is 8.02. The van der Waals surface area contributed by atoms with E-state index in [0.29, 0.717) is 12.3 Å². The van der Waals surface area contributed by atoms with Gasteiger partial charge >= 0.3 is 10.0 Å². The van der Waals surface area contributed by atoms with Crippen LogP contribution in [0.5, 0.6) is 0 Å². The van der Waals surface area contributed by atoms with E-state index in [1.807, 2.05) is 85.6 Å². The number of anilines is 1. The van der Waals surface area contributed by atoms with E-state index in [4.69, 9.17) is 4.74 Å². The number of sulfonamides is 1. The molecule has 0 radical (unpaired) electrons. The molecule has 1 saturated heterocycles. The van der Waals surface area contributed by atoms with Crippen molar-refractivity contribution in [2.75, 3.05) is 44.4 Å². The van der Waals surface area contributed by atoms with Crippen LogP contribution in [-0.4, -0.2) is 59.9 Å². The van der Waals surface area contributed by atoms with Crippen LogP contribution >= 0.6 is 23.7 Å². The Morgan fingerprint density at radius 2 is 1.77 bits per heavy atom. The van der Waals surface area contributed by atoms with Crippen molar-refractivity contribution >= 4 is 50.4 Å². The molecule has 2 unspecified atom stereocenters. The average Bonchev–Trinajstić information content (AvgIpc) is 3.47. The van der Waals surface area contributed by atoms with Crippen LogP contribution in [0.3, 0.4) is 0 Å². The van der Waals surface area contributed by atoms with Crippen molar-refractivity contribution in [3.05, 3.63) is 82.7 Å². The van der Waals surface area contributed by atoms with Crippen molar-refractivity contribution in [1.82, 2.24) is 14.7 Å². The summed E-state index contributed by atoms with van der Waals surface area (Å²) in [6, 6.07) is 20.7. The Balaban J connectivity index is 0.00000370. The van der Waals surface area contributed by atoms with Crippen LogP contribution in [-0.2, 0) is 31.6 Å². The molecule has 0 bridgehead atoms. The molecule has 11 heteroatoms. The minimum atomic E-state index is -3.80. The number of nitrogens with one attached hydrogen (secondary N) is 2. The van der Waals surface area contributed by atoms with Gasteiger partial charge in [0.15, 0.2) is 5.69 Å². The van der Waals surface area contributed by atoms with Gasteiger partial charge in [-0.3, -0.25) is 4.79 Å². The zero-order valence-electron chi connectivity index (χ0n) is 23.1. The van der Waals surface area contributed by atoms with Crippen LogP contribution < -0.4 is 19.6 Å². The fourth-order valence-electron chi connectivity index (χ4n) is 5.89. The maximum Gasteiger partial charge on any atom is 0.321 e. The number of piperidine rings is 1. The van der Waals surface area contributed by atoms with E-state index in [0.717, 1.165) is 46.9 Å². The van der Waals surface area contributed by atoms with Crippen LogP contribution in [0, 0.1) is 6.92 Å². The summed E-state index contributed by atoms with van der Waals surface area (Å²) in [6.07, 6.45) is 2.85. The third-order valence-corrected chi connectivity index (χ3v) is 10.7. The second-order valence-corrected chi connectivity index (χ2v) is 14.0. The van der Waals surface area contributed by atoms with Gasteiger partial charge in [0, 0.05) is 23.6 Å². The summed E-state index contributed by atoms with van der Waals surface area (Å²) in [7, 11) is -1.94. The second kappa shape index (κ2) is 12.2. The highest BCUT2D eigenvalue weighted by Gasteiger charge is 2.60. The van der Waals surface area contributed by atoms with Crippen LogP contribution in [0.2, 0.25) is 0 Å². The number of carbonyl (C=O) groups is 1. The number of hydrogen-bond acceptors (Lipinski definition) is 7. The Morgan fingerprint density at radius 1 is 1.10 bits per heavy atom. The molecule has 2 aliphatic heterocycles. The molecule has 1 amide bonds. The first-order valence-electron chi connectivity index (χ1n) is 13.3. The van der Waals surface area contributed by atoms with Crippen LogP contribution in [0.15, 0.2) is 66.7 Å². The van der Waals surface area contributed by atoms with Crippen molar-refractivity contribution < 1.29 is 17.9 Å². The SMILES string of the molecule is Cc1ccc(N(C)C(COCc2ccccc2)C(=O)N[N+]2(S(C)(=O)=O)CC3(CCNCC3)c3ccccc32)s1.Cl. The van der Waals surface area contributed by atoms with Crippen LogP contribution in [0.4, 0.5) is 10.7 Å². The summed E-state index contributed by atoms with van der Waals surface area (Å²) in [4.78, 5) is 17.2. The molecule has 0 saturated carbocycles. The van der Waals surface area contributed by atoms with E-state index in [1.54, 1.807) is 11.3 Å². The number of para-hydroxylation sites is 1. The topological polar surface area (TPSA) is 87.7 Å². The molecular weight excluding hydrogens is 568 g/mol. The number of nitrogens with zero attached hydrogens (tertiary/aromatic N) is 2. The number of thiophene rings is 1. The molecule has 1 spiro atoms. The van der Waals surface area contributed by atoms with Gasteiger partial charge < -0.3 is 15.0 Å². The van der Waals surface area contributed by atoms with Gasteiger partial charge in [0.25, 0.3) is 5.91 Å². The summed E-state index contributed by atoms with van der Waals surface area (Å²) in [5.41, 5.74) is 5.36. The third-order valence-electron chi connectivity index (χ3n) is 8.04. The van der Waals surface area contributed by atoms with Gasteiger partial charge in [-0.1, -0.05) is 52.5 Å². The molecule has 5 rings (SSSR count). The molecule has 2 N–H and O–H groups in total. The molecule has 216 valence electrons. The van der Waals surface area contributed by atoms with Crippen molar-refractivity contribution in [3.8, 4) is 0 Å². The van der Waals surface area contributed by atoms with Gasteiger partial charge in [-0.05, 0) is 50.6 Å². The van der Waals surface area contributed by atoms with Gasteiger partial charge in [-0.2, -0.15) is 13.8 Å². The third kappa shape index (κ3) is 5.79. The summed E-state index contributed by atoms with van der Waals surface area (Å²) >= 11 is 1.59. The van der Waals surface area contributed by atoms with E-state index >= 15 is 0 Å². The Morgan fingerprint density at radius 3 is 2.42 bits per heavy atom. The Labute approximate surface area is 247 Å². The molecule has 3 heterocycles. The number of rotatable bonds is 9. The number of aryl methyl sites for hydroxylation is 1. The number of quaternary nitrogens is 1. The van der Waals surface area contributed by atoms with Gasteiger partial charge in [-0.25, -0.2) is 0 Å². The molecule has 0 aliphatic carbocycles. The maximum atomic E-state index is 14.2. The minimum absolute atomic E-state index is 0. The molecule has 8 nitrogen and oxygen atoms in total. The number of benzene rings is 2. The lowest BCUT2D eigenvalue weighted by Gasteiger charge is -2.37. The Bertz CT molecular complexity index is 1430. The van der Waals surface area contributed by atoms with Gasteiger partial charge in [-0.15, -0.1) is 23.7 Å². The molecule has 3 aromatic rings.